The minimum absolute atomic E-state index is 0. The number of rotatable bonds is 3. The third-order valence-electron chi connectivity index (χ3n) is 1.67. The number of nitrogens with two attached hydrogens (primary N) is 1. The van der Waals surface area contributed by atoms with Crippen molar-refractivity contribution in [1.29, 1.82) is 0 Å². The first-order chi connectivity index (χ1) is 6.20. The molecular formula is C9H11Cl2NO2. The lowest BCUT2D eigenvalue weighted by Gasteiger charge is -2.06. The number of hydrogen-bond acceptors (Lipinski definition) is 3. The van der Waals surface area contributed by atoms with Gasteiger partial charge in [0.15, 0.2) is 5.78 Å². The molecule has 0 unspecified atom stereocenters. The zero-order valence-electron chi connectivity index (χ0n) is 7.62. The third-order valence-corrected chi connectivity index (χ3v) is 2.06. The highest BCUT2D eigenvalue weighted by Gasteiger charge is 2.11. The van der Waals surface area contributed by atoms with Gasteiger partial charge in [0.25, 0.3) is 0 Å². The van der Waals surface area contributed by atoms with Gasteiger partial charge in [0, 0.05) is 5.56 Å². The molecule has 5 heteroatoms. The average molecular weight is 236 g/mol. The lowest BCUT2D eigenvalue weighted by Crippen LogP contribution is -2.14. The van der Waals surface area contributed by atoms with Crippen LogP contribution in [-0.2, 0) is 0 Å². The summed E-state index contributed by atoms with van der Waals surface area (Å²) in [7, 11) is 1.50. The van der Waals surface area contributed by atoms with Gasteiger partial charge in [0.2, 0.25) is 0 Å². The molecule has 0 saturated carbocycles. The summed E-state index contributed by atoms with van der Waals surface area (Å²) in [6, 6.07) is 5.02. The molecule has 0 radical (unpaired) electrons. The van der Waals surface area contributed by atoms with E-state index in [4.69, 9.17) is 22.1 Å². The monoisotopic (exact) mass is 235 g/mol. The van der Waals surface area contributed by atoms with Gasteiger partial charge < -0.3 is 10.5 Å². The Balaban J connectivity index is 0.00000169. The Labute approximate surface area is 93.6 Å². The second-order valence-electron chi connectivity index (χ2n) is 2.45. The largest absolute Gasteiger partial charge is 0.495 e. The van der Waals surface area contributed by atoms with Crippen LogP contribution in [0.25, 0.3) is 0 Å². The van der Waals surface area contributed by atoms with Crippen LogP contribution in [0.5, 0.6) is 5.75 Å². The van der Waals surface area contributed by atoms with Crippen molar-refractivity contribution in [3.8, 4) is 5.75 Å². The summed E-state index contributed by atoms with van der Waals surface area (Å²) in [6.07, 6.45) is 0. The molecule has 0 aliphatic carbocycles. The van der Waals surface area contributed by atoms with Crippen LogP contribution in [0.15, 0.2) is 18.2 Å². The van der Waals surface area contributed by atoms with E-state index in [1.54, 1.807) is 18.2 Å². The molecule has 1 aromatic rings. The zero-order chi connectivity index (χ0) is 9.84. The van der Waals surface area contributed by atoms with Crippen LogP contribution < -0.4 is 10.5 Å². The number of benzene rings is 1. The second-order valence-corrected chi connectivity index (χ2v) is 2.83. The molecular weight excluding hydrogens is 225 g/mol. The molecule has 0 aromatic heterocycles. The summed E-state index contributed by atoms with van der Waals surface area (Å²) in [6.45, 7) is -0.0487. The molecule has 14 heavy (non-hydrogen) atoms. The Morgan fingerprint density at radius 1 is 1.57 bits per heavy atom. The number of ether oxygens (including phenoxy) is 1. The lowest BCUT2D eigenvalue weighted by molar-refractivity contribution is 0.100. The number of ketones is 1. The Hall–Kier alpha value is -0.770. The molecule has 78 valence electrons. The quantitative estimate of drug-likeness (QED) is 0.815. The van der Waals surface area contributed by atoms with E-state index in [9.17, 15) is 4.79 Å². The number of hydrogen-bond donors (Lipinski definition) is 1. The predicted octanol–water partition coefficient (Wildman–Crippen LogP) is 1.91. The molecule has 0 amide bonds. The van der Waals surface area contributed by atoms with Gasteiger partial charge in [-0.2, -0.15) is 0 Å². The van der Waals surface area contributed by atoms with E-state index < -0.39 is 0 Å². The van der Waals surface area contributed by atoms with Crippen molar-refractivity contribution in [3.05, 3.63) is 28.8 Å². The minimum atomic E-state index is -0.191. The molecule has 0 bridgehead atoms. The van der Waals surface area contributed by atoms with E-state index in [1.165, 1.54) is 7.11 Å². The van der Waals surface area contributed by atoms with Crippen molar-refractivity contribution in [2.24, 2.45) is 5.73 Å². The highest BCUT2D eigenvalue weighted by Crippen LogP contribution is 2.27. The molecule has 0 atom stereocenters. The topological polar surface area (TPSA) is 52.3 Å². The van der Waals surface area contributed by atoms with Crippen molar-refractivity contribution < 1.29 is 9.53 Å². The molecule has 0 heterocycles. The fraction of sp³-hybridized carbons (Fsp3) is 0.222. The van der Waals surface area contributed by atoms with Crippen LogP contribution >= 0.6 is 24.0 Å². The normalized spacial score (nSPS) is 9.07. The first-order valence-corrected chi connectivity index (χ1v) is 4.14. The summed E-state index contributed by atoms with van der Waals surface area (Å²) in [5.74, 6) is 0.296. The Morgan fingerprint density at radius 3 is 2.71 bits per heavy atom. The van der Waals surface area contributed by atoms with Gasteiger partial charge in [0.05, 0.1) is 18.7 Å². The van der Waals surface area contributed by atoms with Gasteiger partial charge in [-0.25, -0.2) is 0 Å². The average Bonchev–Trinajstić information content (AvgIpc) is 2.17. The van der Waals surface area contributed by atoms with E-state index in [2.05, 4.69) is 0 Å². The maximum atomic E-state index is 11.2. The van der Waals surface area contributed by atoms with Crippen molar-refractivity contribution in [2.45, 2.75) is 0 Å². The highest BCUT2D eigenvalue weighted by atomic mass is 35.5. The maximum absolute atomic E-state index is 11.2. The number of halogens is 2. The fourth-order valence-electron chi connectivity index (χ4n) is 0.994. The van der Waals surface area contributed by atoms with Crippen molar-refractivity contribution in [1.82, 2.24) is 0 Å². The fourth-order valence-corrected chi connectivity index (χ4v) is 1.30. The highest BCUT2D eigenvalue weighted by molar-refractivity contribution is 6.35. The number of Topliss-reactive ketones (excluding diaryl/α,β-unsaturated/α-hetero) is 1. The summed E-state index contributed by atoms with van der Waals surface area (Å²) in [5.41, 5.74) is 5.62. The van der Waals surface area contributed by atoms with Crippen LogP contribution in [0.1, 0.15) is 10.4 Å². The van der Waals surface area contributed by atoms with Gasteiger partial charge in [-0.3, -0.25) is 4.79 Å². The van der Waals surface area contributed by atoms with Crippen LogP contribution in [0.2, 0.25) is 5.02 Å². The van der Waals surface area contributed by atoms with E-state index in [-0.39, 0.29) is 24.7 Å². The van der Waals surface area contributed by atoms with Gasteiger partial charge >= 0.3 is 0 Å². The van der Waals surface area contributed by atoms with E-state index in [1.807, 2.05) is 0 Å². The summed E-state index contributed by atoms with van der Waals surface area (Å²) < 4.78 is 4.96. The predicted molar refractivity (Wildman–Crippen MR) is 58.6 cm³/mol. The number of carbonyl (C=O) groups excluding carboxylic acids is 1. The standard InChI is InChI=1S/C9H10ClNO2.ClH/c1-13-8-4-2-3-6(9(8)10)7(12)5-11;/h2-4H,5,11H2,1H3;1H. The molecule has 1 rings (SSSR count). The van der Waals surface area contributed by atoms with E-state index in [0.717, 1.165) is 0 Å². The molecule has 0 aliphatic rings. The molecule has 3 nitrogen and oxygen atoms in total. The molecule has 0 aliphatic heterocycles. The molecule has 1 aromatic carbocycles. The summed E-state index contributed by atoms with van der Waals surface area (Å²) >= 11 is 5.88. The van der Waals surface area contributed by atoms with Crippen LogP contribution in [0, 0.1) is 0 Å². The Kier molecular flexibility index (Phi) is 5.53. The van der Waals surface area contributed by atoms with Gasteiger partial charge in [-0.05, 0) is 12.1 Å². The first kappa shape index (κ1) is 13.2. The number of methoxy groups -OCH3 is 1. The lowest BCUT2D eigenvalue weighted by atomic mass is 10.1. The minimum Gasteiger partial charge on any atom is -0.495 e. The van der Waals surface area contributed by atoms with Crippen LogP contribution in [0.4, 0.5) is 0 Å². The van der Waals surface area contributed by atoms with E-state index >= 15 is 0 Å². The summed E-state index contributed by atoms with van der Waals surface area (Å²) in [4.78, 5) is 11.2. The van der Waals surface area contributed by atoms with Gasteiger partial charge in [0.1, 0.15) is 5.75 Å². The van der Waals surface area contributed by atoms with Crippen molar-refractivity contribution in [3.63, 3.8) is 0 Å². The molecule has 0 spiro atoms. The van der Waals surface area contributed by atoms with Crippen molar-refractivity contribution in [2.75, 3.05) is 13.7 Å². The molecule has 0 saturated heterocycles. The third kappa shape index (κ3) is 2.61. The van der Waals surface area contributed by atoms with Gasteiger partial charge in [-0.1, -0.05) is 17.7 Å². The zero-order valence-corrected chi connectivity index (χ0v) is 9.19. The molecule has 2 N–H and O–H groups in total. The Morgan fingerprint density at radius 2 is 2.21 bits per heavy atom. The van der Waals surface area contributed by atoms with Crippen LogP contribution in [-0.4, -0.2) is 19.4 Å². The maximum Gasteiger partial charge on any atom is 0.178 e. The SMILES string of the molecule is COc1cccc(C(=O)CN)c1Cl.Cl. The smallest absolute Gasteiger partial charge is 0.178 e. The van der Waals surface area contributed by atoms with Gasteiger partial charge in [-0.15, -0.1) is 12.4 Å². The first-order valence-electron chi connectivity index (χ1n) is 3.76. The summed E-state index contributed by atoms with van der Waals surface area (Å²) in [5, 5.41) is 0.320. The van der Waals surface area contributed by atoms with E-state index in [0.29, 0.717) is 16.3 Å². The molecule has 0 fully saturated rings. The Bertz CT molecular complexity index is 329. The van der Waals surface area contributed by atoms with Crippen molar-refractivity contribution >= 4 is 29.8 Å². The van der Waals surface area contributed by atoms with Crippen LogP contribution in [0.3, 0.4) is 0 Å². The number of carbonyl (C=O) groups is 1. The second kappa shape index (κ2) is 5.86.